The smallest absolute Gasteiger partial charge is 0.145 e. The summed E-state index contributed by atoms with van der Waals surface area (Å²) < 4.78 is 2.09. The van der Waals surface area contributed by atoms with Crippen LogP contribution in [0.2, 0.25) is 0 Å². The summed E-state index contributed by atoms with van der Waals surface area (Å²) in [5.74, 6) is 0. The molecule has 2 heteroatoms. The summed E-state index contributed by atoms with van der Waals surface area (Å²) in [6.07, 6.45) is 4.76. The van der Waals surface area contributed by atoms with Crippen molar-refractivity contribution in [1.29, 1.82) is 0 Å². The summed E-state index contributed by atoms with van der Waals surface area (Å²) in [6, 6.07) is 3.98. The van der Waals surface area contributed by atoms with Crippen LogP contribution in [0.1, 0.15) is 19.5 Å². The molecule has 1 rings (SSSR count). The molecule has 0 saturated carbocycles. The van der Waals surface area contributed by atoms with Crippen molar-refractivity contribution in [2.24, 2.45) is 0 Å². The van der Waals surface area contributed by atoms with Crippen molar-refractivity contribution in [1.82, 2.24) is 4.57 Å². The van der Waals surface area contributed by atoms with Crippen molar-refractivity contribution in [3.63, 3.8) is 0 Å². The first-order valence-electron chi connectivity index (χ1n) is 4.06. The molecule has 0 saturated heterocycles. The monoisotopic (exact) mass is 163 g/mol. The Balaban J connectivity index is 2.94. The van der Waals surface area contributed by atoms with Crippen molar-refractivity contribution in [2.45, 2.75) is 20.4 Å². The molecule has 0 amide bonds. The molecule has 0 unspecified atom stereocenters. The molecule has 12 heavy (non-hydrogen) atoms. The number of rotatable bonds is 3. The average Bonchev–Trinajstić information content (AvgIpc) is 2.51. The SMILES string of the molecule is CCn1cccc1C=C(C)C=O. The Bertz CT molecular complexity index is 297. The molecule has 0 aliphatic heterocycles. The van der Waals surface area contributed by atoms with E-state index in [2.05, 4.69) is 11.5 Å². The minimum Gasteiger partial charge on any atom is -0.348 e. The number of hydrogen-bond donors (Lipinski definition) is 0. The molecule has 1 heterocycles. The van der Waals surface area contributed by atoms with Gasteiger partial charge in [0.15, 0.2) is 0 Å². The number of carbonyl (C=O) groups is 1. The molecule has 0 aromatic carbocycles. The van der Waals surface area contributed by atoms with Crippen LogP contribution in [0.4, 0.5) is 0 Å². The number of carbonyl (C=O) groups excluding carboxylic acids is 1. The first-order chi connectivity index (χ1) is 5.77. The van der Waals surface area contributed by atoms with E-state index in [9.17, 15) is 4.79 Å². The lowest BCUT2D eigenvalue weighted by atomic mass is 10.2. The van der Waals surface area contributed by atoms with Crippen LogP contribution >= 0.6 is 0 Å². The number of nitrogens with zero attached hydrogens (tertiary/aromatic N) is 1. The summed E-state index contributed by atoms with van der Waals surface area (Å²) in [5.41, 5.74) is 1.84. The zero-order valence-electron chi connectivity index (χ0n) is 7.45. The van der Waals surface area contributed by atoms with E-state index in [-0.39, 0.29) is 0 Å². The highest BCUT2D eigenvalue weighted by Crippen LogP contribution is 2.06. The molecule has 0 bridgehead atoms. The van der Waals surface area contributed by atoms with Gasteiger partial charge in [0.25, 0.3) is 0 Å². The number of aldehydes is 1. The molecule has 1 aromatic rings. The zero-order valence-corrected chi connectivity index (χ0v) is 7.45. The van der Waals surface area contributed by atoms with Gasteiger partial charge in [-0.15, -0.1) is 0 Å². The first kappa shape index (κ1) is 8.78. The largest absolute Gasteiger partial charge is 0.348 e. The van der Waals surface area contributed by atoms with Crippen LogP contribution in [-0.4, -0.2) is 10.9 Å². The Kier molecular flexibility index (Phi) is 2.86. The van der Waals surface area contributed by atoms with Gasteiger partial charge in [-0.25, -0.2) is 0 Å². The molecule has 1 aromatic heterocycles. The maximum Gasteiger partial charge on any atom is 0.145 e. The second-order valence-electron chi connectivity index (χ2n) is 2.73. The summed E-state index contributed by atoms with van der Waals surface area (Å²) in [5, 5.41) is 0. The van der Waals surface area contributed by atoms with Crippen molar-refractivity contribution in [2.75, 3.05) is 0 Å². The number of allylic oxidation sites excluding steroid dienone is 1. The second kappa shape index (κ2) is 3.90. The molecule has 0 aliphatic rings. The molecular formula is C10H13NO. The Hall–Kier alpha value is -1.31. The Morgan fingerprint density at radius 2 is 2.42 bits per heavy atom. The lowest BCUT2D eigenvalue weighted by Crippen LogP contribution is -1.94. The Morgan fingerprint density at radius 3 is 3.00 bits per heavy atom. The van der Waals surface area contributed by atoms with Crippen molar-refractivity contribution in [3.05, 3.63) is 29.6 Å². The third-order valence-electron chi connectivity index (χ3n) is 1.77. The highest BCUT2D eigenvalue weighted by molar-refractivity contribution is 5.80. The lowest BCUT2D eigenvalue weighted by Gasteiger charge is -2.00. The summed E-state index contributed by atoms with van der Waals surface area (Å²) in [6.45, 7) is 4.82. The van der Waals surface area contributed by atoms with Crippen LogP contribution in [0.3, 0.4) is 0 Å². The fourth-order valence-corrected chi connectivity index (χ4v) is 1.11. The first-order valence-corrected chi connectivity index (χ1v) is 4.06. The van der Waals surface area contributed by atoms with E-state index in [1.807, 2.05) is 24.4 Å². The fraction of sp³-hybridized carbons (Fsp3) is 0.300. The third-order valence-corrected chi connectivity index (χ3v) is 1.77. The van der Waals surface area contributed by atoms with Crippen LogP contribution in [0, 0.1) is 0 Å². The van der Waals surface area contributed by atoms with E-state index < -0.39 is 0 Å². The maximum atomic E-state index is 10.4. The number of hydrogen-bond acceptors (Lipinski definition) is 1. The van der Waals surface area contributed by atoms with Gasteiger partial charge >= 0.3 is 0 Å². The van der Waals surface area contributed by atoms with Crippen LogP contribution < -0.4 is 0 Å². The topological polar surface area (TPSA) is 22.0 Å². The van der Waals surface area contributed by atoms with Crippen LogP contribution in [-0.2, 0) is 11.3 Å². The number of aromatic nitrogens is 1. The van der Waals surface area contributed by atoms with Crippen LogP contribution in [0.5, 0.6) is 0 Å². The second-order valence-corrected chi connectivity index (χ2v) is 2.73. The molecule has 0 radical (unpaired) electrons. The van der Waals surface area contributed by atoms with Gasteiger partial charge in [-0.3, -0.25) is 4.79 Å². The van der Waals surface area contributed by atoms with Gasteiger partial charge in [-0.05, 0) is 37.6 Å². The summed E-state index contributed by atoms with van der Waals surface area (Å²) in [7, 11) is 0. The van der Waals surface area contributed by atoms with Gasteiger partial charge in [0.1, 0.15) is 6.29 Å². The van der Waals surface area contributed by atoms with E-state index in [1.54, 1.807) is 6.92 Å². The average molecular weight is 163 g/mol. The molecule has 0 aliphatic carbocycles. The normalized spacial score (nSPS) is 11.7. The van der Waals surface area contributed by atoms with Crippen molar-refractivity contribution < 1.29 is 4.79 Å². The fourth-order valence-electron chi connectivity index (χ4n) is 1.11. The van der Waals surface area contributed by atoms with Crippen molar-refractivity contribution in [3.8, 4) is 0 Å². The quantitative estimate of drug-likeness (QED) is 0.494. The van der Waals surface area contributed by atoms with Gasteiger partial charge in [0, 0.05) is 18.4 Å². The van der Waals surface area contributed by atoms with E-state index >= 15 is 0 Å². The molecule has 2 nitrogen and oxygen atoms in total. The zero-order chi connectivity index (χ0) is 8.97. The minimum absolute atomic E-state index is 0.753. The van der Waals surface area contributed by atoms with E-state index in [4.69, 9.17) is 0 Å². The van der Waals surface area contributed by atoms with E-state index in [0.29, 0.717) is 0 Å². The van der Waals surface area contributed by atoms with Crippen LogP contribution in [0.25, 0.3) is 6.08 Å². The van der Waals surface area contributed by atoms with Gasteiger partial charge in [0.05, 0.1) is 0 Å². The van der Waals surface area contributed by atoms with E-state index in [1.165, 1.54) is 0 Å². The highest BCUT2D eigenvalue weighted by Gasteiger charge is 1.94. The van der Waals surface area contributed by atoms with Gasteiger partial charge in [0.2, 0.25) is 0 Å². The van der Waals surface area contributed by atoms with Crippen molar-refractivity contribution >= 4 is 12.4 Å². The molecular weight excluding hydrogens is 150 g/mol. The molecule has 0 atom stereocenters. The summed E-state index contributed by atoms with van der Waals surface area (Å²) in [4.78, 5) is 10.4. The van der Waals surface area contributed by atoms with Crippen LogP contribution in [0.15, 0.2) is 23.9 Å². The van der Waals surface area contributed by atoms with E-state index in [0.717, 1.165) is 24.1 Å². The van der Waals surface area contributed by atoms with Gasteiger partial charge in [-0.2, -0.15) is 0 Å². The Morgan fingerprint density at radius 1 is 1.67 bits per heavy atom. The Labute approximate surface area is 72.5 Å². The predicted octanol–water partition coefficient (Wildman–Crippen LogP) is 2.11. The highest BCUT2D eigenvalue weighted by atomic mass is 16.1. The lowest BCUT2D eigenvalue weighted by molar-refractivity contribution is -0.104. The minimum atomic E-state index is 0.753. The maximum absolute atomic E-state index is 10.4. The summed E-state index contributed by atoms with van der Waals surface area (Å²) >= 11 is 0. The van der Waals surface area contributed by atoms with Gasteiger partial charge in [-0.1, -0.05) is 0 Å². The molecule has 0 spiro atoms. The van der Waals surface area contributed by atoms with Gasteiger partial charge < -0.3 is 4.57 Å². The standard InChI is InChI=1S/C10H13NO/c1-3-11-6-4-5-10(11)7-9(2)8-12/h4-8H,3H2,1-2H3. The third kappa shape index (κ3) is 1.84. The molecule has 0 fully saturated rings. The molecule has 64 valence electrons. The molecule has 0 N–H and O–H groups in total. The number of aryl methyl sites for hydroxylation is 1. The predicted molar refractivity (Wildman–Crippen MR) is 49.8 cm³/mol.